The maximum absolute atomic E-state index is 8.93. The molecular formula is C11H15ClO2. The SMILES string of the molecule is COc1cc(C)c(Cl)c(C)c1CCO. The van der Waals surface area contributed by atoms with Gasteiger partial charge in [-0.2, -0.15) is 0 Å². The number of hydrogen-bond donors (Lipinski definition) is 1. The number of halogens is 1. The average molecular weight is 215 g/mol. The van der Waals surface area contributed by atoms with E-state index in [1.807, 2.05) is 19.9 Å². The van der Waals surface area contributed by atoms with Crippen molar-refractivity contribution in [1.82, 2.24) is 0 Å². The van der Waals surface area contributed by atoms with E-state index in [0.29, 0.717) is 6.42 Å². The summed E-state index contributed by atoms with van der Waals surface area (Å²) in [5, 5.41) is 9.68. The molecule has 0 aliphatic carbocycles. The van der Waals surface area contributed by atoms with Crippen LogP contribution in [0.3, 0.4) is 0 Å². The minimum Gasteiger partial charge on any atom is -0.496 e. The number of methoxy groups -OCH3 is 1. The van der Waals surface area contributed by atoms with E-state index in [-0.39, 0.29) is 6.61 Å². The molecule has 1 rings (SSSR count). The molecule has 78 valence electrons. The molecule has 0 amide bonds. The Hall–Kier alpha value is -0.730. The highest BCUT2D eigenvalue weighted by Crippen LogP contribution is 2.31. The van der Waals surface area contributed by atoms with Gasteiger partial charge in [-0.25, -0.2) is 0 Å². The largest absolute Gasteiger partial charge is 0.496 e. The Bertz CT molecular complexity index is 335. The van der Waals surface area contributed by atoms with Gasteiger partial charge in [0, 0.05) is 17.2 Å². The van der Waals surface area contributed by atoms with Gasteiger partial charge in [0.15, 0.2) is 0 Å². The van der Waals surface area contributed by atoms with Gasteiger partial charge in [0.2, 0.25) is 0 Å². The number of aliphatic hydroxyl groups is 1. The van der Waals surface area contributed by atoms with Crippen LogP contribution < -0.4 is 4.74 Å². The van der Waals surface area contributed by atoms with Crippen LogP contribution in [0.4, 0.5) is 0 Å². The second-order valence-corrected chi connectivity index (χ2v) is 3.66. The average Bonchev–Trinajstić information content (AvgIpc) is 2.19. The molecule has 0 aliphatic heterocycles. The number of hydrogen-bond acceptors (Lipinski definition) is 2. The highest BCUT2D eigenvalue weighted by molar-refractivity contribution is 6.32. The zero-order chi connectivity index (χ0) is 10.7. The Balaban J connectivity index is 3.29. The highest BCUT2D eigenvalue weighted by Gasteiger charge is 2.11. The smallest absolute Gasteiger partial charge is 0.122 e. The van der Waals surface area contributed by atoms with Crippen LogP contribution in [0.25, 0.3) is 0 Å². The van der Waals surface area contributed by atoms with Gasteiger partial charge in [0.25, 0.3) is 0 Å². The normalized spacial score (nSPS) is 10.4. The Kier molecular flexibility index (Phi) is 3.78. The summed E-state index contributed by atoms with van der Waals surface area (Å²) in [6.07, 6.45) is 0.578. The van der Waals surface area contributed by atoms with Crippen LogP contribution in [0.15, 0.2) is 6.07 Å². The summed E-state index contributed by atoms with van der Waals surface area (Å²) in [4.78, 5) is 0. The number of aryl methyl sites for hydroxylation is 1. The monoisotopic (exact) mass is 214 g/mol. The van der Waals surface area contributed by atoms with Crippen molar-refractivity contribution in [3.8, 4) is 5.75 Å². The molecule has 0 bridgehead atoms. The van der Waals surface area contributed by atoms with Crippen LogP contribution in [0.5, 0.6) is 5.75 Å². The fraction of sp³-hybridized carbons (Fsp3) is 0.455. The number of benzene rings is 1. The zero-order valence-electron chi connectivity index (χ0n) is 8.72. The molecule has 0 spiro atoms. The van der Waals surface area contributed by atoms with Crippen molar-refractivity contribution in [2.75, 3.05) is 13.7 Å². The first-order valence-corrected chi connectivity index (χ1v) is 4.93. The van der Waals surface area contributed by atoms with Crippen LogP contribution >= 0.6 is 11.6 Å². The first-order valence-electron chi connectivity index (χ1n) is 4.55. The van der Waals surface area contributed by atoms with Crippen molar-refractivity contribution in [1.29, 1.82) is 0 Å². The molecular weight excluding hydrogens is 200 g/mol. The topological polar surface area (TPSA) is 29.5 Å². The Morgan fingerprint density at radius 1 is 1.43 bits per heavy atom. The van der Waals surface area contributed by atoms with Crippen LogP contribution in [-0.4, -0.2) is 18.8 Å². The van der Waals surface area contributed by atoms with E-state index in [2.05, 4.69) is 0 Å². The summed E-state index contributed by atoms with van der Waals surface area (Å²) in [6, 6.07) is 1.90. The van der Waals surface area contributed by atoms with Crippen molar-refractivity contribution in [3.05, 3.63) is 27.8 Å². The third-order valence-corrected chi connectivity index (χ3v) is 2.94. The number of ether oxygens (including phenoxy) is 1. The van der Waals surface area contributed by atoms with Crippen molar-refractivity contribution in [2.45, 2.75) is 20.3 Å². The molecule has 0 aromatic heterocycles. The van der Waals surface area contributed by atoms with E-state index in [1.54, 1.807) is 7.11 Å². The second kappa shape index (κ2) is 4.67. The molecule has 1 aromatic rings. The van der Waals surface area contributed by atoms with Crippen molar-refractivity contribution in [3.63, 3.8) is 0 Å². The van der Waals surface area contributed by atoms with Gasteiger partial charge >= 0.3 is 0 Å². The van der Waals surface area contributed by atoms with Crippen LogP contribution in [-0.2, 0) is 6.42 Å². The van der Waals surface area contributed by atoms with Gasteiger partial charge in [0.05, 0.1) is 7.11 Å². The molecule has 2 nitrogen and oxygen atoms in total. The Morgan fingerprint density at radius 3 is 2.57 bits per heavy atom. The van der Waals surface area contributed by atoms with Gasteiger partial charge in [-0.1, -0.05) is 11.6 Å². The van der Waals surface area contributed by atoms with Gasteiger partial charge in [0.1, 0.15) is 5.75 Å². The summed E-state index contributed by atoms with van der Waals surface area (Å²) in [7, 11) is 1.63. The van der Waals surface area contributed by atoms with Crippen LogP contribution in [0, 0.1) is 13.8 Å². The Morgan fingerprint density at radius 2 is 2.07 bits per heavy atom. The molecule has 0 fully saturated rings. The number of aliphatic hydroxyl groups excluding tert-OH is 1. The molecule has 0 saturated carbocycles. The van der Waals surface area contributed by atoms with Crippen molar-refractivity contribution >= 4 is 11.6 Å². The maximum Gasteiger partial charge on any atom is 0.122 e. The van der Waals surface area contributed by atoms with Gasteiger partial charge in [-0.05, 0) is 37.5 Å². The van der Waals surface area contributed by atoms with Gasteiger partial charge < -0.3 is 9.84 Å². The van der Waals surface area contributed by atoms with E-state index in [1.165, 1.54) is 0 Å². The van der Waals surface area contributed by atoms with Crippen molar-refractivity contribution < 1.29 is 9.84 Å². The number of rotatable bonds is 3. The fourth-order valence-electron chi connectivity index (χ4n) is 1.56. The van der Waals surface area contributed by atoms with Crippen LogP contribution in [0.1, 0.15) is 16.7 Å². The molecule has 3 heteroatoms. The summed E-state index contributed by atoms with van der Waals surface area (Å²) in [5.41, 5.74) is 2.99. The van der Waals surface area contributed by atoms with E-state index in [4.69, 9.17) is 21.4 Å². The molecule has 0 radical (unpaired) electrons. The fourth-order valence-corrected chi connectivity index (χ4v) is 1.73. The summed E-state index contributed by atoms with van der Waals surface area (Å²) < 4.78 is 5.24. The first-order chi connectivity index (χ1) is 6.61. The predicted octanol–water partition coefficient (Wildman–Crippen LogP) is 2.50. The standard InChI is InChI=1S/C11H15ClO2/c1-7-6-10(14-3)9(4-5-13)8(2)11(7)12/h6,13H,4-5H2,1-3H3. The second-order valence-electron chi connectivity index (χ2n) is 3.29. The third-order valence-electron chi connectivity index (χ3n) is 2.35. The molecule has 14 heavy (non-hydrogen) atoms. The minimum atomic E-state index is 0.108. The highest BCUT2D eigenvalue weighted by atomic mass is 35.5. The van der Waals surface area contributed by atoms with Gasteiger partial charge in [-0.15, -0.1) is 0 Å². The first kappa shape index (κ1) is 11.3. The lowest BCUT2D eigenvalue weighted by atomic mass is 10.0. The van der Waals surface area contributed by atoms with Gasteiger partial charge in [-0.3, -0.25) is 0 Å². The lowest BCUT2D eigenvalue weighted by molar-refractivity contribution is 0.296. The maximum atomic E-state index is 8.93. The molecule has 1 N–H and O–H groups in total. The molecule has 0 heterocycles. The molecule has 0 unspecified atom stereocenters. The van der Waals surface area contributed by atoms with Crippen molar-refractivity contribution in [2.24, 2.45) is 0 Å². The lowest BCUT2D eigenvalue weighted by Gasteiger charge is -2.14. The summed E-state index contributed by atoms with van der Waals surface area (Å²) in [6.45, 7) is 4.00. The van der Waals surface area contributed by atoms with E-state index in [9.17, 15) is 0 Å². The van der Waals surface area contributed by atoms with E-state index >= 15 is 0 Å². The van der Waals surface area contributed by atoms with Crippen LogP contribution in [0.2, 0.25) is 5.02 Å². The van der Waals surface area contributed by atoms with E-state index in [0.717, 1.165) is 27.5 Å². The van der Waals surface area contributed by atoms with E-state index < -0.39 is 0 Å². The summed E-state index contributed by atoms with van der Waals surface area (Å²) >= 11 is 6.11. The molecule has 0 aliphatic rings. The predicted molar refractivity (Wildman–Crippen MR) is 58.3 cm³/mol. The molecule has 0 atom stereocenters. The zero-order valence-corrected chi connectivity index (χ0v) is 9.48. The lowest BCUT2D eigenvalue weighted by Crippen LogP contribution is -2.00. The Labute approximate surface area is 89.5 Å². The molecule has 0 saturated heterocycles. The minimum absolute atomic E-state index is 0.108. The third kappa shape index (κ3) is 2.02. The molecule has 1 aromatic carbocycles. The quantitative estimate of drug-likeness (QED) is 0.838. The summed E-state index contributed by atoms with van der Waals surface area (Å²) in [5.74, 6) is 0.804.